The molecule has 0 saturated heterocycles. The van der Waals surface area contributed by atoms with Crippen molar-refractivity contribution in [2.75, 3.05) is 12.3 Å². The highest BCUT2D eigenvalue weighted by molar-refractivity contribution is 7.80. The van der Waals surface area contributed by atoms with Gasteiger partial charge in [0.1, 0.15) is 18.1 Å². The summed E-state index contributed by atoms with van der Waals surface area (Å²) < 4.78 is 0. The quantitative estimate of drug-likeness (QED) is 0.0629. The Labute approximate surface area is 203 Å². The molecule has 34 heavy (non-hydrogen) atoms. The van der Waals surface area contributed by atoms with Crippen molar-refractivity contribution in [1.29, 1.82) is 0 Å². The molecule has 4 atom stereocenters. The van der Waals surface area contributed by atoms with E-state index in [2.05, 4.69) is 33.6 Å². The molecule has 0 aromatic heterocycles. The van der Waals surface area contributed by atoms with Gasteiger partial charge in [-0.15, -0.1) is 0 Å². The number of thiol groups is 1. The molecule has 1 aromatic rings. The molecule has 12 nitrogen and oxygen atoms in total. The number of aliphatic carboxylic acids is 1. The van der Waals surface area contributed by atoms with E-state index in [0.29, 0.717) is 6.42 Å². The molecule has 0 saturated carbocycles. The van der Waals surface area contributed by atoms with Crippen molar-refractivity contribution in [1.82, 2.24) is 16.0 Å². The fourth-order valence-corrected chi connectivity index (χ4v) is 3.12. The lowest BCUT2D eigenvalue weighted by molar-refractivity contribution is -0.142. The van der Waals surface area contributed by atoms with Crippen LogP contribution in [-0.4, -0.2) is 71.2 Å². The SMILES string of the molecule is CC(N)C(=O)NC(CS)C(=O)NC(CCCN=C(N)N)C(=O)NC(Cc1ccccc1)C(=O)O. The number of hydrogen-bond donors (Lipinski definition) is 8. The molecule has 0 bridgehead atoms. The zero-order valence-electron chi connectivity index (χ0n) is 18.9. The lowest BCUT2D eigenvalue weighted by atomic mass is 10.0. The number of carboxylic acid groups (broad SMARTS) is 1. The van der Waals surface area contributed by atoms with Crippen LogP contribution in [0.15, 0.2) is 35.3 Å². The number of aliphatic imine (C=N–C) groups is 1. The number of rotatable bonds is 14. The number of carbonyl (C=O) groups excluding carboxylic acids is 3. The number of nitrogens with zero attached hydrogens (tertiary/aromatic N) is 1. The number of nitrogens with two attached hydrogens (primary N) is 3. The maximum absolute atomic E-state index is 13.0. The van der Waals surface area contributed by atoms with E-state index < -0.39 is 47.9 Å². The van der Waals surface area contributed by atoms with Crippen LogP contribution in [-0.2, 0) is 25.6 Å². The molecule has 1 rings (SSSR count). The third kappa shape index (κ3) is 10.5. The van der Waals surface area contributed by atoms with Gasteiger partial charge in [0, 0.05) is 18.7 Å². The van der Waals surface area contributed by atoms with Crippen molar-refractivity contribution in [2.24, 2.45) is 22.2 Å². The Bertz CT molecular complexity index is 862. The first-order valence-corrected chi connectivity index (χ1v) is 11.3. The number of carboxylic acids is 1. The smallest absolute Gasteiger partial charge is 0.326 e. The van der Waals surface area contributed by atoms with Crippen molar-refractivity contribution in [3.8, 4) is 0 Å². The van der Waals surface area contributed by atoms with Crippen LogP contribution >= 0.6 is 12.6 Å². The molecule has 0 radical (unpaired) electrons. The number of amides is 3. The minimum atomic E-state index is -1.22. The average Bonchev–Trinajstić information content (AvgIpc) is 2.78. The van der Waals surface area contributed by atoms with Crippen LogP contribution in [0.1, 0.15) is 25.3 Å². The summed E-state index contributed by atoms with van der Waals surface area (Å²) in [5, 5.41) is 17.1. The van der Waals surface area contributed by atoms with Crippen LogP contribution in [0.4, 0.5) is 0 Å². The number of carbonyl (C=O) groups is 4. The zero-order chi connectivity index (χ0) is 25.7. The molecule has 13 heteroatoms. The Kier molecular flexibility index (Phi) is 12.5. The van der Waals surface area contributed by atoms with E-state index in [-0.39, 0.29) is 31.1 Å². The van der Waals surface area contributed by atoms with E-state index >= 15 is 0 Å². The lowest BCUT2D eigenvalue weighted by Gasteiger charge is -2.24. The summed E-state index contributed by atoms with van der Waals surface area (Å²) in [4.78, 5) is 53.1. The van der Waals surface area contributed by atoms with Gasteiger partial charge in [0.15, 0.2) is 5.96 Å². The van der Waals surface area contributed by atoms with Crippen molar-refractivity contribution in [2.45, 2.75) is 50.4 Å². The number of guanidine groups is 1. The Hall–Kier alpha value is -3.32. The third-order valence-electron chi connectivity index (χ3n) is 4.70. The van der Waals surface area contributed by atoms with Gasteiger partial charge in [-0.3, -0.25) is 19.4 Å². The molecular formula is C21H33N7O5S. The second kappa shape index (κ2) is 14.8. The highest BCUT2D eigenvalue weighted by atomic mass is 32.1. The molecular weight excluding hydrogens is 462 g/mol. The molecule has 0 heterocycles. The van der Waals surface area contributed by atoms with E-state index in [4.69, 9.17) is 17.2 Å². The van der Waals surface area contributed by atoms with E-state index in [1.165, 1.54) is 6.92 Å². The Balaban J connectivity index is 2.95. The molecule has 0 aliphatic carbocycles. The van der Waals surface area contributed by atoms with Gasteiger partial charge in [-0.25, -0.2) is 4.79 Å². The van der Waals surface area contributed by atoms with E-state index in [9.17, 15) is 24.3 Å². The molecule has 0 aliphatic rings. The van der Waals surface area contributed by atoms with Crippen LogP contribution in [0.25, 0.3) is 0 Å². The van der Waals surface area contributed by atoms with Crippen LogP contribution in [0.3, 0.4) is 0 Å². The lowest BCUT2D eigenvalue weighted by Crippen LogP contribution is -2.57. The molecule has 4 unspecified atom stereocenters. The molecule has 0 fully saturated rings. The summed E-state index contributed by atoms with van der Waals surface area (Å²) in [6.45, 7) is 1.66. The minimum Gasteiger partial charge on any atom is -0.480 e. The maximum atomic E-state index is 13.0. The Morgan fingerprint density at radius 1 is 0.971 bits per heavy atom. The van der Waals surface area contributed by atoms with Gasteiger partial charge in [-0.1, -0.05) is 30.3 Å². The first-order chi connectivity index (χ1) is 16.0. The topological polar surface area (TPSA) is 215 Å². The predicted molar refractivity (Wildman–Crippen MR) is 131 cm³/mol. The number of hydrogen-bond acceptors (Lipinski definition) is 7. The van der Waals surface area contributed by atoms with Gasteiger partial charge in [0.25, 0.3) is 0 Å². The first-order valence-electron chi connectivity index (χ1n) is 10.6. The van der Waals surface area contributed by atoms with E-state index in [0.717, 1.165) is 5.56 Å². The monoisotopic (exact) mass is 495 g/mol. The van der Waals surface area contributed by atoms with E-state index in [1.807, 2.05) is 0 Å². The summed E-state index contributed by atoms with van der Waals surface area (Å²) in [6.07, 6.45) is 0.497. The highest BCUT2D eigenvalue weighted by Gasteiger charge is 2.29. The van der Waals surface area contributed by atoms with Gasteiger partial charge in [-0.05, 0) is 25.3 Å². The third-order valence-corrected chi connectivity index (χ3v) is 5.07. The fourth-order valence-electron chi connectivity index (χ4n) is 2.86. The molecule has 1 aromatic carbocycles. The largest absolute Gasteiger partial charge is 0.480 e. The second-order valence-electron chi connectivity index (χ2n) is 7.63. The molecule has 0 spiro atoms. The molecule has 188 valence electrons. The van der Waals surface area contributed by atoms with Gasteiger partial charge in [0.05, 0.1) is 6.04 Å². The summed E-state index contributed by atoms with van der Waals surface area (Å²) in [7, 11) is 0. The van der Waals surface area contributed by atoms with Gasteiger partial charge < -0.3 is 38.3 Å². The molecule has 0 aliphatic heterocycles. The van der Waals surface area contributed by atoms with Crippen molar-refractivity contribution >= 4 is 42.3 Å². The average molecular weight is 496 g/mol. The van der Waals surface area contributed by atoms with Gasteiger partial charge >= 0.3 is 5.97 Å². The van der Waals surface area contributed by atoms with Crippen molar-refractivity contribution in [3.63, 3.8) is 0 Å². The van der Waals surface area contributed by atoms with Gasteiger partial charge in [0.2, 0.25) is 17.7 Å². The normalized spacial score (nSPS) is 14.1. The van der Waals surface area contributed by atoms with Crippen LogP contribution in [0, 0.1) is 0 Å². The summed E-state index contributed by atoms with van der Waals surface area (Å²) >= 11 is 4.08. The molecule has 10 N–H and O–H groups in total. The van der Waals surface area contributed by atoms with Crippen LogP contribution < -0.4 is 33.2 Å². The minimum absolute atomic E-state index is 0.0433. The highest BCUT2D eigenvalue weighted by Crippen LogP contribution is 2.06. The first kappa shape index (κ1) is 28.7. The Morgan fingerprint density at radius 2 is 1.53 bits per heavy atom. The van der Waals surface area contributed by atoms with Gasteiger partial charge in [-0.2, -0.15) is 12.6 Å². The summed E-state index contributed by atoms with van der Waals surface area (Å²) in [6, 6.07) is 4.59. The van der Waals surface area contributed by atoms with E-state index in [1.54, 1.807) is 30.3 Å². The molecule has 3 amide bonds. The standard InChI is InChI=1S/C21H33N7O5S/c1-12(22)17(29)28-16(11-34)19(31)26-14(8-5-9-25-21(23)24)18(30)27-15(20(32)33)10-13-6-3-2-4-7-13/h2-4,6-7,12,14-16,34H,5,8-11,22H2,1H3,(H,26,31)(H,27,30)(H,28,29)(H,32,33)(H4,23,24,25). The maximum Gasteiger partial charge on any atom is 0.326 e. The van der Waals surface area contributed by atoms with Crippen LogP contribution in [0.5, 0.6) is 0 Å². The van der Waals surface area contributed by atoms with Crippen molar-refractivity contribution in [3.05, 3.63) is 35.9 Å². The van der Waals surface area contributed by atoms with Crippen molar-refractivity contribution < 1.29 is 24.3 Å². The Morgan fingerprint density at radius 3 is 2.06 bits per heavy atom. The zero-order valence-corrected chi connectivity index (χ0v) is 19.8. The second-order valence-corrected chi connectivity index (χ2v) is 8.00. The summed E-state index contributed by atoms with van der Waals surface area (Å²) in [5.74, 6) is -3.30. The summed E-state index contributed by atoms with van der Waals surface area (Å²) in [5.41, 5.74) is 16.8. The predicted octanol–water partition coefficient (Wildman–Crippen LogP) is -1.90. The van der Waals surface area contributed by atoms with Crippen LogP contribution in [0.2, 0.25) is 0 Å². The number of benzene rings is 1. The number of nitrogens with one attached hydrogen (secondary N) is 3. The fraction of sp³-hybridized carbons (Fsp3) is 0.476.